The Hall–Kier alpha value is -2.28. The van der Waals surface area contributed by atoms with Gasteiger partial charge in [-0.2, -0.15) is 10.4 Å². The summed E-state index contributed by atoms with van der Waals surface area (Å²) in [5.74, 6) is 0.331. The molecule has 0 N–H and O–H groups in total. The van der Waals surface area contributed by atoms with Gasteiger partial charge in [0, 0.05) is 43.5 Å². The highest BCUT2D eigenvalue weighted by Gasteiger charge is 2.20. The zero-order valence-corrected chi connectivity index (χ0v) is 10.5. The van der Waals surface area contributed by atoms with Crippen molar-refractivity contribution in [3.05, 3.63) is 35.5 Å². The van der Waals surface area contributed by atoms with Crippen molar-refractivity contribution in [3.63, 3.8) is 0 Å². The van der Waals surface area contributed by atoms with Crippen LogP contribution in [0.4, 0.5) is 0 Å². The van der Waals surface area contributed by atoms with Crippen LogP contribution in [-0.4, -0.2) is 29.4 Å². The van der Waals surface area contributed by atoms with Gasteiger partial charge in [0.2, 0.25) is 0 Å². The van der Waals surface area contributed by atoms with Crippen LogP contribution in [0.3, 0.4) is 0 Å². The molecule has 0 amide bonds. The summed E-state index contributed by atoms with van der Waals surface area (Å²) in [5.41, 5.74) is 3.11. The van der Waals surface area contributed by atoms with Gasteiger partial charge in [0.15, 0.2) is 0 Å². The third-order valence-electron chi connectivity index (χ3n) is 3.49. The fourth-order valence-corrected chi connectivity index (χ4v) is 2.54. The average molecular weight is 238 g/mol. The number of hydrazone groups is 1. The summed E-state index contributed by atoms with van der Waals surface area (Å²) in [6.45, 7) is 0.912. The van der Waals surface area contributed by atoms with E-state index in [2.05, 4.69) is 28.9 Å². The molecule has 90 valence electrons. The van der Waals surface area contributed by atoms with E-state index in [0.717, 1.165) is 17.4 Å². The van der Waals surface area contributed by atoms with Crippen LogP contribution in [0.2, 0.25) is 0 Å². The molecule has 0 bridgehead atoms. The minimum absolute atomic E-state index is 0.331. The number of fused-ring (bicyclic) bond motifs is 1. The van der Waals surface area contributed by atoms with Gasteiger partial charge in [0.25, 0.3) is 0 Å². The maximum atomic E-state index is 8.93. The zero-order chi connectivity index (χ0) is 12.7. The highest BCUT2D eigenvalue weighted by molar-refractivity contribution is 5.84. The van der Waals surface area contributed by atoms with Crippen LogP contribution < -0.4 is 0 Å². The lowest BCUT2D eigenvalue weighted by Crippen LogP contribution is -2.14. The average Bonchev–Trinajstić information content (AvgIpc) is 2.93. The summed E-state index contributed by atoms with van der Waals surface area (Å²) in [6.07, 6.45) is 1.99. The van der Waals surface area contributed by atoms with Crippen LogP contribution >= 0.6 is 0 Å². The van der Waals surface area contributed by atoms with Gasteiger partial charge < -0.3 is 4.57 Å². The first-order valence-corrected chi connectivity index (χ1v) is 5.94. The molecule has 0 spiro atoms. The normalized spacial score (nSPS) is 18.5. The topological polar surface area (TPSA) is 44.3 Å². The van der Waals surface area contributed by atoms with Gasteiger partial charge in [0.1, 0.15) is 0 Å². The summed E-state index contributed by atoms with van der Waals surface area (Å²) < 4.78 is 2.19. The van der Waals surface area contributed by atoms with Gasteiger partial charge in [-0.05, 0) is 24.3 Å². The molecule has 2 aromatic rings. The SMILES string of the molecule is CN1CC(c2cc3cc(C#N)ccc3n2C)C=N1. The lowest BCUT2D eigenvalue weighted by molar-refractivity contribution is 0.379. The van der Waals surface area contributed by atoms with Gasteiger partial charge in [-0.25, -0.2) is 0 Å². The van der Waals surface area contributed by atoms with Crippen LogP contribution in [0, 0.1) is 11.3 Å². The maximum absolute atomic E-state index is 8.93. The zero-order valence-electron chi connectivity index (χ0n) is 10.5. The van der Waals surface area contributed by atoms with Crippen LogP contribution in [0.1, 0.15) is 17.2 Å². The fraction of sp³-hybridized carbons (Fsp3) is 0.286. The highest BCUT2D eigenvalue weighted by atomic mass is 15.4. The quantitative estimate of drug-likeness (QED) is 0.763. The Bertz CT molecular complexity index is 675. The fourth-order valence-electron chi connectivity index (χ4n) is 2.54. The molecule has 1 aliphatic rings. The van der Waals surface area contributed by atoms with Gasteiger partial charge in [-0.1, -0.05) is 0 Å². The molecule has 1 aliphatic heterocycles. The number of nitrogens with zero attached hydrogens (tertiary/aromatic N) is 4. The summed E-state index contributed by atoms with van der Waals surface area (Å²) in [5, 5.41) is 16.3. The molecule has 0 radical (unpaired) electrons. The van der Waals surface area contributed by atoms with Gasteiger partial charge in [-0.15, -0.1) is 0 Å². The van der Waals surface area contributed by atoms with E-state index in [4.69, 9.17) is 5.26 Å². The number of likely N-dealkylation sites (N-methyl/N-ethyl adjacent to an activating group) is 1. The second-order valence-electron chi connectivity index (χ2n) is 4.72. The minimum Gasteiger partial charge on any atom is -0.347 e. The first-order chi connectivity index (χ1) is 8.69. The van der Waals surface area contributed by atoms with Crippen molar-refractivity contribution in [3.8, 4) is 6.07 Å². The number of nitriles is 1. The molecule has 4 nitrogen and oxygen atoms in total. The molecule has 0 saturated carbocycles. The number of aromatic nitrogens is 1. The Morgan fingerprint density at radius 1 is 1.33 bits per heavy atom. The van der Waals surface area contributed by atoms with Crippen molar-refractivity contribution < 1.29 is 0 Å². The Balaban J connectivity index is 2.11. The van der Waals surface area contributed by atoms with E-state index in [1.165, 1.54) is 5.69 Å². The van der Waals surface area contributed by atoms with Crippen molar-refractivity contribution >= 4 is 17.1 Å². The molecule has 1 aromatic heterocycles. The highest BCUT2D eigenvalue weighted by Crippen LogP contribution is 2.27. The lowest BCUT2D eigenvalue weighted by atomic mass is 10.1. The number of hydrogen-bond donors (Lipinski definition) is 0. The van der Waals surface area contributed by atoms with Crippen LogP contribution in [0.25, 0.3) is 10.9 Å². The van der Waals surface area contributed by atoms with Crippen LogP contribution in [-0.2, 0) is 7.05 Å². The molecular formula is C14H14N4. The van der Waals surface area contributed by atoms with E-state index >= 15 is 0 Å². The third-order valence-corrected chi connectivity index (χ3v) is 3.49. The van der Waals surface area contributed by atoms with E-state index in [0.29, 0.717) is 11.5 Å². The first-order valence-electron chi connectivity index (χ1n) is 5.94. The second-order valence-corrected chi connectivity index (χ2v) is 4.72. The number of hydrogen-bond acceptors (Lipinski definition) is 3. The monoisotopic (exact) mass is 238 g/mol. The van der Waals surface area contributed by atoms with E-state index in [1.807, 2.05) is 36.5 Å². The smallest absolute Gasteiger partial charge is 0.0991 e. The Morgan fingerprint density at radius 2 is 2.17 bits per heavy atom. The molecule has 0 saturated heterocycles. The van der Waals surface area contributed by atoms with E-state index in [9.17, 15) is 0 Å². The first kappa shape index (κ1) is 10.8. The van der Waals surface area contributed by atoms with Crippen molar-refractivity contribution in [2.24, 2.45) is 12.1 Å². The largest absolute Gasteiger partial charge is 0.347 e. The summed E-state index contributed by atoms with van der Waals surface area (Å²) in [7, 11) is 4.04. The molecule has 1 unspecified atom stereocenters. The van der Waals surface area contributed by atoms with Crippen LogP contribution in [0.15, 0.2) is 29.4 Å². The van der Waals surface area contributed by atoms with Crippen molar-refractivity contribution in [1.29, 1.82) is 5.26 Å². The Kier molecular flexibility index (Phi) is 2.34. The van der Waals surface area contributed by atoms with Crippen molar-refractivity contribution in [2.45, 2.75) is 5.92 Å². The molecule has 1 atom stereocenters. The number of rotatable bonds is 1. The second kappa shape index (κ2) is 3.88. The molecule has 2 heterocycles. The predicted molar refractivity (Wildman–Crippen MR) is 71.5 cm³/mol. The molecule has 1 aromatic carbocycles. The number of aryl methyl sites for hydroxylation is 1. The molecule has 18 heavy (non-hydrogen) atoms. The molecule has 4 heteroatoms. The lowest BCUT2D eigenvalue weighted by Gasteiger charge is -2.11. The number of benzene rings is 1. The van der Waals surface area contributed by atoms with E-state index < -0.39 is 0 Å². The molecule has 0 fully saturated rings. The Labute approximate surface area is 106 Å². The van der Waals surface area contributed by atoms with Gasteiger partial charge in [0.05, 0.1) is 17.6 Å². The van der Waals surface area contributed by atoms with E-state index in [1.54, 1.807) is 0 Å². The van der Waals surface area contributed by atoms with Crippen molar-refractivity contribution in [1.82, 2.24) is 9.58 Å². The third kappa shape index (κ3) is 1.56. The molecular weight excluding hydrogens is 224 g/mol. The predicted octanol–water partition coefficient (Wildman–Crippen LogP) is 2.06. The van der Waals surface area contributed by atoms with Gasteiger partial charge in [-0.3, -0.25) is 5.01 Å². The standard InChI is InChI=1S/C14H14N4/c1-17-9-12(8-16-17)14-6-11-5-10(7-15)3-4-13(11)18(14)2/h3-6,8,12H,9H2,1-2H3. The molecule has 0 aliphatic carbocycles. The van der Waals surface area contributed by atoms with Crippen LogP contribution in [0.5, 0.6) is 0 Å². The Morgan fingerprint density at radius 3 is 2.83 bits per heavy atom. The van der Waals surface area contributed by atoms with Gasteiger partial charge >= 0.3 is 0 Å². The summed E-state index contributed by atoms with van der Waals surface area (Å²) in [6, 6.07) is 10.1. The van der Waals surface area contributed by atoms with E-state index in [-0.39, 0.29) is 0 Å². The maximum Gasteiger partial charge on any atom is 0.0991 e. The summed E-state index contributed by atoms with van der Waals surface area (Å²) >= 11 is 0. The molecule has 3 rings (SSSR count). The van der Waals surface area contributed by atoms with Crippen molar-refractivity contribution in [2.75, 3.05) is 13.6 Å². The minimum atomic E-state index is 0.331. The summed E-state index contributed by atoms with van der Waals surface area (Å²) in [4.78, 5) is 0.